The van der Waals surface area contributed by atoms with Crippen molar-refractivity contribution in [2.75, 3.05) is 38.6 Å². The summed E-state index contributed by atoms with van der Waals surface area (Å²) in [6, 6.07) is 12.8. The van der Waals surface area contributed by atoms with Gasteiger partial charge >= 0.3 is 5.97 Å². The molecule has 1 N–H and O–H groups in total. The minimum absolute atomic E-state index is 0.173. The fraction of sp³-hybridized carbons (Fsp3) is 0.238. The van der Waals surface area contributed by atoms with E-state index in [4.69, 9.17) is 0 Å². The molecule has 8 heteroatoms. The van der Waals surface area contributed by atoms with Crippen LogP contribution in [0.25, 0.3) is 0 Å². The number of methoxy groups -OCH3 is 1. The van der Waals surface area contributed by atoms with E-state index < -0.39 is 5.97 Å². The van der Waals surface area contributed by atoms with Crippen molar-refractivity contribution in [3.8, 4) is 0 Å². The third-order valence-corrected chi connectivity index (χ3v) is 4.69. The summed E-state index contributed by atoms with van der Waals surface area (Å²) in [5.41, 5.74) is 1.66. The van der Waals surface area contributed by atoms with Crippen LogP contribution in [0.5, 0.6) is 0 Å². The molecule has 1 saturated heterocycles. The molecule has 0 radical (unpaired) electrons. The molecule has 0 spiro atoms. The van der Waals surface area contributed by atoms with Crippen molar-refractivity contribution in [3.63, 3.8) is 0 Å². The second-order valence-electron chi connectivity index (χ2n) is 6.54. The zero-order chi connectivity index (χ0) is 20.8. The molecule has 2 aromatic carbocycles. The molecule has 3 rings (SSSR count). The maximum Gasteiger partial charge on any atom is 0.337 e. The molecule has 0 saturated carbocycles. The number of ether oxygens (including phenoxy) is 1. The van der Waals surface area contributed by atoms with Gasteiger partial charge in [0.25, 0.3) is 11.8 Å². The second kappa shape index (κ2) is 9.01. The van der Waals surface area contributed by atoms with E-state index in [1.807, 2.05) is 0 Å². The molecule has 150 valence electrons. The van der Waals surface area contributed by atoms with Gasteiger partial charge in [0.15, 0.2) is 0 Å². The van der Waals surface area contributed by atoms with Gasteiger partial charge in [-0.1, -0.05) is 6.07 Å². The van der Waals surface area contributed by atoms with E-state index in [2.05, 4.69) is 10.1 Å². The van der Waals surface area contributed by atoms with Crippen LogP contribution in [0.4, 0.5) is 5.69 Å². The number of piperazine rings is 1. The van der Waals surface area contributed by atoms with Crippen molar-refractivity contribution in [1.82, 2.24) is 9.80 Å². The first kappa shape index (κ1) is 20.1. The fourth-order valence-electron chi connectivity index (χ4n) is 3.02. The molecule has 1 fully saturated rings. The van der Waals surface area contributed by atoms with Gasteiger partial charge < -0.3 is 19.9 Å². The van der Waals surface area contributed by atoms with Crippen molar-refractivity contribution in [3.05, 3.63) is 65.2 Å². The van der Waals surface area contributed by atoms with Crippen LogP contribution in [0.15, 0.2) is 48.5 Å². The lowest BCUT2D eigenvalue weighted by atomic mass is 10.1. The Bertz CT molecular complexity index is 918. The van der Waals surface area contributed by atoms with Crippen LogP contribution >= 0.6 is 0 Å². The Hall–Kier alpha value is -3.68. The molecule has 29 heavy (non-hydrogen) atoms. The quantitative estimate of drug-likeness (QED) is 0.613. The molecule has 0 atom stereocenters. The Labute approximate surface area is 168 Å². The van der Waals surface area contributed by atoms with E-state index in [1.54, 1.807) is 58.3 Å². The number of carbonyl (C=O) groups excluding carboxylic acids is 4. The van der Waals surface area contributed by atoms with E-state index in [1.165, 1.54) is 7.11 Å². The van der Waals surface area contributed by atoms with Crippen LogP contribution < -0.4 is 5.32 Å². The number of nitrogens with one attached hydrogen (secondary N) is 1. The minimum Gasteiger partial charge on any atom is -0.465 e. The van der Waals surface area contributed by atoms with E-state index in [0.717, 1.165) is 6.41 Å². The molecular weight excluding hydrogens is 374 g/mol. The minimum atomic E-state index is -0.455. The first-order chi connectivity index (χ1) is 14.0. The number of carbonyl (C=O) groups is 4. The topological polar surface area (TPSA) is 96.0 Å². The molecule has 0 unspecified atom stereocenters. The smallest absolute Gasteiger partial charge is 0.337 e. The van der Waals surface area contributed by atoms with Gasteiger partial charge in [-0.3, -0.25) is 14.4 Å². The van der Waals surface area contributed by atoms with Crippen molar-refractivity contribution >= 4 is 29.9 Å². The van der Waals surface area contributed by atoms with Gasteiger partial charge in [-0.15, -0.1) is 0 Å². The fourth-order valence-corrected chi connectivity index (χ4v) is 3.02. The second-order valence-corrected chi connectivity index (χ2v) is 6.54. The van der Waals surface area contributed by atoms with E-state index in [-0.39, 0.29) is 11.8 Å². The summed E-state index contributed by atoms with van der Waals surface area (Å²) in [7, 11) is 1.30. The summed E-state index contributed by atoms with van der Waals surface area (Å²) in [6.45, 7) is 1.91. The predicted molar refractivity (Wildman–Crippen MR) is 106 cm³/mol. The molecular formula is C21H21N3O5. The normalized spacial score (nSPS) is 13.6. The predicted octanol–water partition coefficient (Wildman–Crippen LogP) is 1.64. The summed E-state index contributed by atoms with van der Waals surface area (Å²) < 4.78 is 4.64. The monoisotopic (exact) mass is 395 g/mol. The lowest BCUT2D eigenvalue weighted by Gasteiger charge is -2.32. The van der Waals surface area contributed by atoms with Crippen molar-refractivity contribution in [2.24, 2.45) is 0 Å². The molecule has 2 aromatic rings. The maximum atomic E-state index is 12.7. The van der Waals surface area contributed by atoms with Gasteiger partial charge in [-0.2, -0.15) is 0 Å². The maximum absolute atomic E-state index is 12.7. The third kappa shape index (κ3) is 4.78. The van der Waals surface area contributed by atoms with Crippen LogP contribution in [-0.4, -0.2) is 67.3 Å². The molecule has 8 nitrogen and oxygen atoms in total. The molecule has 1 heterocycles. The van der Waals surface area contributed by atoms with Crippen molar-refractivity contribution in [1.29, 1.82) is 0 Å². The first-order valence-corrected chi connectivity index (χ1v) is 9.10. The number of hydrogen-bond donors (Lipinski definition) is 1. The van der Waals surface area contributed by atoms with Crippen molar-refractivity contribution in [2.45, 2.75) is 0 Å². The number of hydrogen-bond acceptors (Lipinski definition) is 5. The Balaban J connectivity index is 1.67. The largest absolute Gasteiger partial charge is 0.465 e. The van der Waals surface area contributed by atoms with Gasteiger partial charge in [0, 0.05) is 43.0 Å². The highest BCUT2D eigenvalue weighted by molar-refractivity contribution is 6.06. The number of amides is 3. The van der Waals surface area contributed by atoms with Gasteiger partial charge in [0.05, 0.1) is 12.7 Å². The average Bonchev–Trinajstić information content (AvgIpc) is 2.78. The van der Waals surface area contributed by atoms with Crippen LogP contribution in [0.1, 0.15) is 31.1 Å². The van der Waals surface area contributed by atoms with Gasteiger partial charge in [0.1, 0.15) is 0 Å². The summed E-state index contributed by atoms with van der Waals surface area (Å²) in [6.07, 6.45) is 0.782. The molecule has 0 aromatic heterocycles. The standard InChI is InChI=1S/C21H21N3O5/c1-29-21(28)15-5-7-18(8-6-15)22-19(26)16-3-2-4-17(13-16)20(27)24-11-9-23(14-25)10-12-24/h2-8,13-14H,9-12H2,1H3,(H,22,26). The highest BCUT2D eigenvalue weighted by atomic mass is 16.5. The summed E-state index contributed by atoms with van der Waals surface area (Å²) in [5, 5.41) is 2.74. The molecule has 0 aliphatic carbocycles. The molecule has 1 aliphatic rings. The van der Waals surface area contributed by atoms with Gasteiger partial charge in [-0.05, 0) is 42.5 Å². The first-order valence-electron chi connectivity index (χ1n) is 9.10. The number of rotatable bonds is 5. The Kier molecular flexibility index (Phi) is 6.23. The molecule has 1 aliphatic heterocycles. The number of benzene rings is 2. The highest BCUT2D eigenvalue weighted by Crippen LogP contribution is 2.15. The SMILES string of the molecule is COC(=O)c1ccc(NC(=O)c2cccc(C(=O)N3CCN(C=O)CC3)c2)cc1. The van der Waals surface area contributed by atoms with Gasteiger partial charge in [-0.25, -0.2) is 4.79 Å². The Morgan fingerprint density at radius 2 is 1.59 bits per heavy atom. The Morgan fingerprint density at radius 3 is 2.21 bits per heavy atom. The van der Waals surface area contributed by atoms with Crippen LogP contribution in [0, 0.1) is 0 Å². The van der Waals surface area contributed by atoms with Crippen LogP contribution in [0.3, 0.4) is 0 Å². The third-order valence-electron chi connectivity index (χ3n) is 4.69. The lowest BCUT2D eigenvalue weighted by molar-refractivity contribution is -0.119. The zero-order valence-electron chi connectivity index (χ0n) is 16.0. The van der Waals surface area contributed by atoms with Crippen LogP contribution in [-0.2, 0) is 9.53 Å². The summed E-state index contributed by atoms with van der Waals surface area (Å²) in [5.74, 6) is -0.994. The number of anilines is 1. The van der Waals surface area contributed by atoms with Gasteiger partial charge in [0.2, 0.25) is 6.41 Å². The molecule has 0 bridgehead atoms. The van der Waals surface area contributed by atoms with Crippen molar-refractivity contribution < 1.29 is 23.9 Å². The lowest BCUT2D eigenvalue weighted by Crippen LogP contribution is -2.48. The van der Waals surface area contributed by atoms with E-state index in [0.29, 0.717) is 48.6 Å². The van der Waals surface area contributed by atoms with E-state index in [9.17, 15) is 19.2 Å². The van der Waals surface area contributed by atoms with Crippen LogP contribution in [0.2, 0.25) is 0 Å². The van der Waals surface area contributed by atoms with E-state index >= 15 is 0 Å². The summed E-state index contributed by atoms with van der Waals surface area (Å²) >= 11 is 0. The average molecular weight is 395 g/mol. The Morgan fingerprint density at radius 1 is 0.931 bits per heavy atom. The summed E-state index contributed by atoms with van der Waals surface area (Å²) in [4.78, 5) is 50.8. The zero-order valence-corrected chi connectivity index (χ0v) is 16.0. The molecule has 3 amide bonds. The number of esters is 1. The number of nitrogens with zero attached hydrogens (tertiary/aromatic N) is 2. The highest BCUT2D eigenvalue weighted by Gasteiger charge is 2.22.